The minimum atomic E-state index is -1.75. The predicted octanol–water partition coefficient (Wildman–Crippen LogP) is 5.00. The minimum absolute atomic E-state index is 0. The molecule has 0 aromatic carbocycles. The number of thiophene rings is 1. The summed E-state index contributed by atoms with van der Waals surface area (Å²) in [6.45, 7) is 6.09. The largest absolute Gasteiger partial charge is 0.370 e. The first-order valence-electron chi connectivity index (χ1n) is 11.9. The highest BCUT2D eigenvalue weighted by molar-refractivity contribution is 7.12. The van der Waals surface area contributed by atoms with Crippen molar-refractivity contribution in [1.29, 1.82) is 0 Å². The van der Waals surface area contributed by atoms with Crippen LogP contribution in [0.25, 0.3) is 0 Å². The third kappa shape index (κ3) is 5.14. The number of amides is 1. The van der Waals surface area contributed by atoms with Gasteiger partial charge in [0.1, 0.15) is 0 Å². The van der Waals surface area contributed by atoms with Gasteiger partial charge in [-0.2, -0.15) is 0 Å². The first kappa shape index (κ1) is 23.1. The van der Waals surface area contributed by atoms with E-state index in [1.54, 1.807) is 4.88 Å². The summed E-state index contributed by atoms with van der Waals surface area (Å²) < 4.78 is 25.7. The first-order chi connectivity index (χ1) is 15.0. The molecule has 0 radical (unpaired) electrons. The van der Waals surface area contributed by atoms with Crippen LogP contribution in [0.15, 0.2) is 6.07 Å². The number of hydrogen-bond acceptors (Lipinski definition) is 4. The summed E-state index contributed by atoms with van der Waals surface area (Å²) in [5, 5.41) is 3.25. The molecule has 1 saturated heterocycles. The fourth-order valence-corrected chi connectivity index (χ4v) is 6.72. The maximum absolute atomic E-state index is 11.9. The normalized spacial score (nSPS) is 32.6. The molecule has 1 N–H and O–H groups in total. The topological polar surface area (TPSA) is 41.6 Å². The molecular formula is C24H38F2N2O2S. The first-order valence-corrected chi connectivity index (χ1v) is 12.7. The molecule has 0 bridgehead atoms. The minimum Gasteiger partial charge on any atom is -0.370 e. The van der Waals surface area contributed by atoms with Crippen molar-refractivity contribution in [3.05, 3.63) is 21.4 Å². The van der Waals surface area contributed by atoms with E-state index >= 15 is 0 Å². The number of aryl methyl sites for hydroxylation is 1. The number of rotatable bonds is 5. The van der Waals surface area contributed by atoms with E-state index in [4.69, 9.17) is 4.74 Å². The SMILES string of the molecule is CCc1cc2c(s1)CCO[C@@]21CCN(CC2CC(NC(=O)C3CC3)C2)[C@@H](C)C1.FCF.[HH]. The molecule has 4 nitrogen and oxygen atoms in total. The Hall–Kier alpha value is -1.05. The van der Waals surface area contributed by atoms with Gasteiger partial charge < -0.3 is 15.0 Å². The van der Waals surface area contributed by atoms with Crippen LogP contribution in [0, 0.1) is 11.8 Å². The summed E-state index contributed by atoms with van der Waals surface area (Å²) in [5.74, 6) is 1.39. The molecule has 1 spiro atoms. The van der Waals surface area contributed by atoms with Gasteiger partial charge in [0, 0.05) is 48.7 Å². The number of nitrogens with one attached hydrogen (secondary N) is 1. The molecule has 5 rings (SSSR count). The number of piperidine rings is 1. The number of ether oxygens (including phenoxy) is 1. The lowest BCUT2D eigenvalue weighted by molar-refractivity contribution is -0.124. The van der Waals surface area contributed by atoms with Gasteiger partial charge in [-0.05, 0) is 69.4 Å². The zero-order valence-corrected chi connectivity index (χ0v) is 19.6. The van der Waals surface area contributed by atoms with E-state index in [0.717, 1.165) is 70.4 Å². The number of likely N-dealkylation sites (tertiary alicyclic amines) is 1. The van der Waals surface area contributed by atoms with Gasteiger partial charge in [0.25, 0.3) is 0 Å². The monoisotopic (exact) mass is 456 g/mol. The Labute approximate surface area is 190 Å². The van der Waals surface area contributed by atoms with Crippen LogP contribution < -0.4 is 5.32 Å². The molecule has 3 heterocycles. The number of carbonyl (C=O) groups is 1. The molecule has 1 amide bonds. The van der Waals surface area contributed by atoms with E-state index < -0.39 is 6.93 Å². The molecule has 1 aromatic rings. The van der Waals surface area contributed by atoms with E-state index in [9.17, 15) is 13.6 Å². The summed E-state index contributed by atoms with van der Waals surface area (Å²) in [6, 6.07) is 3.44. The highest BCUT2D eigenvalue weighted by atomic mass is 32.1. The second-order valence-electron chi connectivity index (χ2n) is 9.71. The highest BCUT2D eigenvalue weighted by Crippen LogP contribution is 2.46. The van der Waals surface area contributed by atoms with Gasteiger partial charge in [-0.3, -0.25) is 4.79 Å². The van der Waals surface area contributed by atoms with Crippen molar-refractivity contribution >= 4 is 17.2 Å². The van der Waals surface area contributed by atoms with Gasteiger partial charge >= 0.3 is 0 Å². The van der Waals surface area contributed by atoms with Crippen LogP contribution >= 0.6 is 11.3 Å². The molecule has 4 aliphatic rings. The van der Waals surface area contributed by atoms with Crippen LogP contribution in [-0.2, 0) is 28.0 Å². The molecule has 2 saturated carbocycles. The molecule has 2 aliphatic carbocycles. The van der Waals surface area contributed by atoms with E-state index in [1.807, 2.05) is 11.3 Å². The lowest BCUT2D eigenvalue weighted by Gasteiger charge is -2.49. The molecule has 2 atom stereocenters. The molecule has 2 aliphatic heterocycles. The Bertz CT molecular complexity index is 769. The van der Waals surface area contributed by atoms with Crippen LogP contribution in [-0.4, -0.2) is 49.5 Å². The zero-order chi connectivity index (χ0) is 22.0. The van der Waals surface area contributed by atoms with Crippen LogP contribution in [0.4, 0.5) is 8.78 Å². The van der Waals surface area contributed by atoms with Crippen molar-refractivity contribution in [2.45, 2.75) is 82.9 Å². The second kappa shape index (κ2) is 9.84. The maximum Gasteiger partial charge on any atom is 0.229 e. The van der Waals surface area contributed by atoms with Crippen LogP contribution in [0.2, 0.25) is 0 Å². The van der Waals surface area contributed by atoms with Crippen molar-refractivity contribution in [2.24, 2.45) is 11.8 Å². The number of hydrogen-bond donors (Lipinski definition) is 1. The van der Waals surface area contributed by atoms with E-state index in [0.29, 0.717) is 23.9 Å². The average Bonchev–Trinajstić information content (AvgIpc) is 3.48. The Morgan fingerprint density at radius 2 is 2.13 bits per heavy atom. The number of fused-ring (bicyclic) bond motifs is 2. The number of halogens is 2. The number of nitrogens with zero attached hydrogens (tertiary/aromatic N) is 1. The Balaban J connectivity index is 0.000000686. The van der Waals surface area contributed by atoms with Crippen LogP contribution in [0.1, 0.15) is 69.1 Å². The van der Waals surface area contributed by atoms with Crippen molar-refractivity contribution in [2.75, 3.05) is 26.6 Å². The van der Waals surface area contributed by atoms with E-state index in [-0.39, 0.29) is 7.03 Å². The summed E-state index contributed by atoms with van der Waals surface area (Å²) in [6.07, 6.45) is 9.00. The molecule has 0 unspecified atom stereocenters. The fraction of sp³-hybridized carbons (Fsp3) is 0.792. The van der Waals surface area contributed by atoms with Gasteiger partial charge in [0.15, 0.2) is 0 Å². The zero-order valence-electron chi connectivity index (χ0n) is 18.8. The third-order valence-corrected chi connectivity index (χ3v) is 8.82. The lowest BCUT2D eigenvalue weighted by atomic mass is 9.76. The second-order valence-corrected chi connectivity index (χ2v) is 10.9. The fourth-order valence-electron chi connectivity index (χ4n) is 5.55. The molecule has 1 aromatic heterocycles. The quantitative estimate of drug-likeness (QED) is 0.678. The van der Waals surface area contributed by atoms with Crippen molar-refractivity contribution in [3.63, 3.8) is 0 Å². The van der Waals surface area contributed by atoms with Gasteiger partial charge in [0.05, 0.1) is 12.2 Å². The molecule has 7 heteroatoms. The van der Waals surface area contributed by atoms with Gasteiger partial charge in [0.2, 0.25) is 12.8 Å². The van der Waals surface area contributed by atoms with E-state index in [2.05, 4.69) is 30.1 Å². The number of carbonyl (C=O) groups excluding carboxylic acids is 1. The van der Waals surface area contributed by atoms with Crippen molar-refractivity contribution in [3.8, 4) is 0 Å². The Kier molecular flexibility index (Phi) is 7.34. The van der Waals surface area contributed by atoms with Gasteiger partial charge in [-0.1, -0.05) is 6.92 Å². The molecular weight excluding hydrogens is 418 g/mol. The summed E-state index contributed by atoms with van der Waals surface area (Å²) in [7, 11) is 0. The summed E-state index contributed by atoms with van der Waals surface area (Å²) >= 11 is 2.01. The van der Waals surface area contributed by atoms with Crippen LogP contribution in [0.3, 0.4) is 0 Å². The smallest absolute Gasteiger partial charge is 0.229 e. The van der Waals surface area contributed by atoms with Gasteiger partial charge in [-0.25, -0.2) is 8.78 Å². The van der Waals surface area contributed by atoms with Crippen LogP contribution in [0.5, 0.6) is 0 Å². The summed E-state index contributed by atoms with van der Waals surface area (Å²) in [4.78, 5) is 17.7. The Morgan fingerprint density at radius 1 is 1.39 bits per heavy atom. The maximum atomic E-state index is 11.9. The highest BCUT2D eigenvalue weighted by Gasteiger charge is 2.45. The number of alkyl halides is 2. The molecule has 176 valence electrons. The average molecular weight is 457 g/mol. The summed E-state index contributed by atoms with van der Waals surface area (Å²) in [5.41, 5.74) is 1.48. The van der Waals surface area contributed by atoms with Gasteiger partial charge in [-0.15, -0.1) is 11.3 Å². The van der Waals surface area contributed by atoms with Crippen molar-refractivity contribution < 1.29 is 19.7 Å². The molecule has 3 fully saturated rings. The third-order valence-electron chi connectivity index (χ3n) is 7.48. The van der Waals surface area contributed by atoms with Crippen molar-refractivity contribution in [1.82, 2.24) is 10.2 Å². The van der Waals surface area contributed by atoms with E-state index in [1.165, 1.54) is 17.0 Å². The molecule has 31 heavy (non-hydrogen) atoms. The predicted molar refractivity (Wildman–Crippen MR) is 122 cm³/mol. The standard InChI is InChI=1S/C23H34N2O2S.CH2F2.H2/c1-3-19-12-20-21(28-19)6-9-27-23(20)7-8-25(15(2)13-23)14-16-10-18(11-16)24-22(26)17-4-5-17;2-1-3;/h12,15-18H,3-11,13-14H2,1-2H3,(H,24,26);1H2;1H/t15-,16?,18?,23+;;/m0../s1. The Morgan fingerprint density at radius 3 is 2.77 bits per heavy atom. The lowest BCUT2D eigenvalue weighted by Crippen LogP contribution is -2.54.